The molecule has 0 saturated carbocycles. The molecule has 17 heavy (non-hydrogen) atoms. The summed E-state index contributed by atoms with van der Waals surface area (Å²) in [6, 6.07) is 2.24. The van der Waals surface area contributed by atoms with Crippen molar-refractivity contribution in [3.63, 3.8) is 0 Å². The van der Waals surface area contributed by atoms with E-state index < -0.39 is 30.0 Å². The maximum atomic E-state index is 11.2. The van der Waals surface area contributed by atoms with E-state index in [4.69, 9.17) is 0 Å². The number of ether oxygens (including phenoxy) is 2. The van der Waals surface area contributed by atoms with Gasteiger partial charge in [0.05, 0.1) is 6.61 Å². The Morgan fingerprint density at radius 2 is 2.06 bits per heavy atom. The molecule has 0 unspecified atom stereocenters. The number of nitrogens with zero attached hydrogens (tertiary/aromatic N) is 1. The van der Waals surface area contributed by atoms with E-state index >= 15 is 0 Å². The van der Waals surface area contributed by atoms with Crippen LogP contribution in [0.15, 0.2) is 12.1 Å². The van der Waals surface area contributed by atoms with Gasteiger partial charge in [-0.3, -0.25) is 4.84 Å². The summed E-state index contributed by atoms with van der Waals surface area (Å²) in [6.07, 6.45) is -1.99. The minimum atomic E-state index is -1.23. The third kappa shape index (κ3) is 2.25. The largest absolute Gasteiger partial charge is 0.534 e. The monoisotopic (exact) mass is 243 g/mol. The third-order valence-corrected chi connectivity index (χ3v) is 2.09. The van der Waals surface area contributed by atoms with E-state index in [-0.39, 0.29) is 13.0 Å². The van der Waals surface area contributed by atoms with Crippen molar-refractivity contribution >= 4 is 12.1 Å². The summed E-state index contributed by atoms with van der Waals surface area (Å²) in [5.41, 5.74) is 0. The van der Waals surface area contributed by atoms with Gasteiger partial charge < -0.3 is 19.7 Å². The Balaban J connectivity index is 1.96. The fourth-order valence-corrected chi connectivity index (χ4v) is 1.29. The van der Waals surface area contributed by atoms with E-state index in [1.165, 1.54) is 0 Å². The lowest BCUT2D eigenvalue weighted by Crippen LogP contribution is -2.28. The summed E-state index contributed by atoms with van der Waals surface area (Å²) in [5, 5.41) is 18.3. The van der Waals surface area contributed by atoms with Crippen LogP contribution in [-0.4, -0.2) is 39.8 Å². The Hall–Kier alpha value is -2.38. The highest BCUT2D eigenvalue weighted by molar-refractivity contribution is 5.79. The van der Waals surface area contributed by atoms with Gasteiger partial charge in [0.1, 0.15) is 0 Å². The maximum absolute atomic E-state index is 11.2. The molecule has 0 spiro atoms. The van der Waals surface area contributed by atoms with Crippen LogP contribution in [0.1, 0.15) is 6.42 Å². The van der Waals surface area contributed by atoms with E-state index in [0.717, 1.165) is 12.1 Å². The Morgan fingerprint density at radius 3 is 2.59 bits per heavy atom. The first kappa shape index (κ1) is 11.1. The molecule has 1 aliphatic rings. The number of rotatable bonds is 2. The predicted octanol–water partition coefficient (Wildman–Crippen LogP) is -0.220. The number of aromatic nitrogens is 1. The Kier molecular flexibility index (Phi) is 2.77. The Bertz CT molecular complexity index is 433. The summed E-state index contributed by atoms with van der Waals surface area (Å²) in [7, 11) is 0. The standard InChI is InChI=1S/C9H9NO7/c11-6-1-2-7(12)10(6)17-9(14)16-5-3-4-15-8(5)13/h1-2,5,11-12H,3-4H2/t5-/m1/s1. The SMILES string of the molecule is O=C(O[C@@H]1CCOC1=O)On1c(O)ccc1O. The molecule has 1 aliphatic heterocycles. The first-order valence-electron chi connectivity index (χ1n) is 4.73. The topological polar surface area (TPSA) is 107 Å². The Morgan fingerprint density at radius 1 is 1.41 bits per heavy atom. The molecule has 8 heteroatoms. The highest BCUT2D eigenvalue weighted by Crippen LogP contribution is 2.19. The van der Waals surface area contributed by atoms with Gasteiger partial charge in [-0.05, 0) is 0 Å². The van der Waals surface area contributed by atoms with E-state index in [1.807, 2.05) is 0 Å². The lowest BCUT2D eigenvalue weighted by Gasteiger charge is -2.09. The number of carbonyl (C=O) groups excluding carboxylic acids is 2. The van der Waals surface area contributed by atoms with Crippen LogP contribution < -0.4 is 4.84 Å². The molecule has 1 aromatic rings. The maximum Gasteiger partial charge on any atom is 0.534 e. The van der Waals surface area contributed by atoms with Crippen molar-refractivity contribution in [3.8, 4) is 11.8 Å². The van der Waals surface area contributed by atoms with Gasteiger partial charge in [0.15, 0.2) is 0 Å². The number of hydrogen-bond acceptors (Lipinski definition) is 7. The molecule has 0 aromatic carbocycles. The average Bonchev–Trinajstić information content (AvgIpc) is 2.80. The molecule has 2 N–H and O–H groups in total. The summed E-state index contributed by atoms with van der Waals surface area (Å²) in [6.45, 7) is 0.177. The molecule has 1 aromatic heterocycles. The number of cyclic esters (lactones) is 1. The van der Waals surface area contributed by atoms with Gasteiger partial charge in [-0.2, -0.15) is 0 Å². The molecule has 2 rings (SSSR count). The minimum absolute atomic E-state index is 0.177. The van der Waals surface area contributed by atoms with Crippen molar-refractivity contribution in [3.05, 3.63) is 12.1 Å². The second-order valence-electron chi connectivity index (χ2n) is 3.25. The van der Waals surface area contributed by atoms with Crippen LogP contribution in [-0.2, 0) is 14.3 Å². The fourth-order valence-electron chi connectivity index (χ4n) is 1.29. The molecule has 0 radical (unpaired) electrons. The molecule has 1 atom stereocenters. The van der Waals surface area contributed by atoms with Gasteiger partial charge >= 0.3 is 12.1 Å². The molecule has 0 bridgehead atoms. The van der Waals surface area contributed by atoms with Crippen molar-refractivity contribution in [1.29, 1.82) is 0 Å². The zero-order valence-corrected chi connectivity index (χ0v) is 8.53. The minimum Gasteiger partial charge on any atom is -0.492 e. The van der Waals surface area contributed by atoms with Gasteiger partial charge in [0.2, 0.25) is 17.9 Å². The van der Waals surface area contributed by atoms with Crippen LogP contribution in [0.3, 0.4) is 0 Å². The summed E-state index contributed by atoms with van der Waals surface area (Å²) < 4.78 is 9.66. The van der Waals surface area contributed by atoms with Crippen molar-refractivity contribution in [1.82, 2.24) is 4.73 Å². The van der Waals surface area contributed by atoms with Crippen molar-refractivity contribution in [2.45, 2.75) is 12.5 Å². The van der Waals surface area contributed by atoms with Crippen molar-refractivity contribution in [2.75, 3.05) is 6.61 Å². The van der Waals surface area contributed by atoms with Gasteiger partial charge in [0, 0.05) is 18.6 Å². The van der Waals surface area contributed by atoms with E-state index in [2.05, 4.69) is 14.3 Å². The zero-order valence-electron chi connectivity index (χ0n) is 8.53. The predicted molar refractivity (Wildman–Crippen MR) is 50.2 cm³/mol. The summed E-state index contributed by atoms with van der Waals surface area (Å²) >= 11 is 0. The number of aromatic hydroxyl groups is 2. The lowest BCUT2D eigenvalue weighted by atomic mass is 10.3. The molecule has 0 aliphatic carbocycles. The molecule has 1 saturated heterocycles. The molecule has 2 heterocycles. The van der Waals surface area contributed by atoms with Crippen LogP contribution in [0.5, 0.6) is 11.8 Å². The lowest BCUT2D eigenvalue weighted by molar-refractivity contribution is -0.145. The van der Waals surface area contributed by atoms with Crippen molar-refractivity contribution in [2.24, 2.45) is 0 Å². The van der Waals surface area contributed by atoms with Crippen LogP contribution in [0, 0.1) is 0 Å². The molecular formula is C9H9NO7. The van der Waals surface area contributed by atoms with E-state index in [1.54, 1.807) is 0 Å². The van der Waals surface area contributed by atoms with Crippen LogP contribution >= 0.6 is 0 Å². The summed E-state index contributed by atoms with van der Waals surface area (Å²) in [4.78, 5) is 26.7. The third-order valence-electron chi connectivity index (χ3n) is 2.09. The molecule has 0 amide bonds. The number of hydrogen-bond donors (Lipinski definition) is 2. The highest BCUT2D eigenvalue weighted by atomic mass is 16.8. The van der Waals surface area contributed by atoms with Gasteiger partial charge in [-0.25, -0.2) is 9.59 Å². The molecule has 1 fully saturated rings. The normalized spacial score (nSPS) is 18.8. The Labute approximate surface area is 94.9 Å². The molecular weight excluding hydrogens is 234 g/mol. The smallest absolute Gasteiger partial charge is 0.492 e. The second-order valence-corrected chi connectivity index (χ2v) is 3.25. The average molecular weight is 243 g/mol. The molecule has 92 valence electrons. The first-order valence-corrected chi connectivity index (χ1v) is 4.73. The highest BCUT2D eigenvalue weighted by Gasteiger charge is 2.31. The number of carbonyl (C=O) groups is 2. The van der Waals surface area contributed by atoms with E-state index in [9.17, 15) is 19.8 Å². The fraction of sp³-hybridized carbons (Fsp3) is 0.333. The van der Waals surface area contributed by atoms with Crippen molar-refractivity contribution < 1.29 is 34.1 Å². The van der Waals surface area contributed by atoms with Crippen LogP contribution in [0.25, 0.3) is 0 Å². The number of esters is 1. The van der Waals surface area contributed by atoms with Gasteiger partial charge in [-0.15, -0.1) is 4.73 Å². The van der Waals surface area contributed by atoms with Gasteiger partial charge in [-0.1, -0.05) is 0 Å². The quantitative estimate of drug-likeness (QED) is 0.691. The molecule has 8 nitrogen and oxygen atoms in total. The van der Waals surface area contributed by atoms with E-state index in [0.29, 0.717) is 4.73 Å². The van der Waals surface area contributed by atoms with Gasteiger partial charge in [0.25, 0.3) is 0 Å². The zero-order chi connectivity index (χ0) is 12.4. The van der Waals surface area contributed by atoms with Crippen LogP contribution in [0.4, 0.5) is 4.79 Å². The summed E-state index contributed by atoms with van der Waals surface area (Å²) in [5.74, 6) is -1.61. The second kappa shape index (κ2) is 4.24. The first-order chi connectivity index (χ1) is 8.08. The van der Waals surface area contributed by atoms with Crippen LogP contribution in [0.2, 0.25) is 0 Å².